The highest BCUT2D eigenvalue weighted by atomic mass is 127. The van der Waals surface area contributed by atoms with Crippen molar-refractivity contribution in [1.82, 2.24) is 0 Å². The largest absolute Gasteiger partial charge is 0.495 e. The first-order valence-electron chi connectivity index (χ1n) is 7.12. The SMILES string of the molecule is COc1ccccc1NC(N)=NCC(OC)c1cccc(Cl)c1.I. The van der Waals surface area contributed by atoms with E-state index in [1.165, 1.54) is 0 Å². The molecule has 0 heterocycles. The fraction of sp³-hybridized carbons (Fsp3) is 0.235. The molecule has 0 aliphatic carbocycles. The first-order valence-corrected chi connectivity index (χ1v) is 7.50. The van der Waals surface area contributed by atoms with Crippen LogP contribution in [-0.2, 0) is 4.74 Å². The van der Waals surface area contributed by atoms with E-state index < -0.39 is 0 Å². The number of methoxy groups -OCH3 is 2. The molecule has 7 heteroatoms. The molecular formula is C17H21ClIN3O2. The van der Waals surface area contributed by atoms with Crippen LogP contribution in [0.4, 0.5) is 5.69 Å². The van der Waals surface area contributed by atoms with Crippen LogP contribution in [0.1, 0.15) is 11.7 Å². The Labute approximate surface area is 164 Å². The van der Waals surface area contributed by atoms with Gasteiger partial charge in [0, 0.05) is 12.1 Å². The van der Waals surface area contributed by atoms with Crippen LogP contribution < -0.4 is 15.8 Å². The van der Waals surface area contributed by atoms with E-state index in [9.17, 15) is 0 Å². The van der Waals surface area contributed by atoms with E-state index in [-0.39, 0.29) is 30.1 Å². The summed E-state index contributed by atoms with van der Waals surface area (Å²) in [5.74, 6) is 0.988. The topological polar surface area (TPSA) is 68.9 Å². The van der Waals surface area contributed by atoms with E-state index in [1.54, 1.807) is 14.2 Å². The van der Waals surface area contributed by atoms with Gasteiger partial charge in [0.1, 0.15) is 11.9 Å². The molecule has 0 aliphatic heterocycles. The monoisotopic (exact) mass is 461 g/mol. The van der Waals surface area contributed by atoms with Crippen molar-refractivity contribution in [2.45, 2.75) is 6.10 Å². The molecule has 1 atom stereocenters. The Kier molecular flexibility index (Phi) is 8.88. The molecule has 0 spiro atoms. The van der Waals surface area contributed by atoms with Crippen molar-refractivity contribution in [3.8, 4) is 5.75 Å². The Morgan fingerprint density at radius 2 is 1.96 bits per heavy atom. The normalized spacial score (nSPS) is 12.2. The highest BCUT2D eigenvalue weighted by molar-refractivity contribution is 14.0. The van der Waals surface area contributed by atoms with Crippen LogP contribution in [0.25, 0.3) is 0 Å². The Morgan fingerprint density at radius 3 is 2.62 bits per heavy atom. The number of halogens is 2. The Balaban J connectivity index is 0.00000288. The van der Waals surface area contributed by atoms with E-state index in [0.29, 0.717) is 23.3 Å². The molecule has 2 rings (SSSR count). The first kappa shape index (κ1) is 20.5. The maximum atomic E-state index is 6.01. The highest BCUT2D eigenvalue weighted by Crippen LogP contribution is 2.23. The smallest absolute Gasteiger partial charge is 0.193 e. The van der Waals surface area contributed by atoms with Crippen LogP contribution in [0.15, 0.2) is 53.5 Å². The quantitative estimate of drug-likeness (QED) is 0.386. The number of guanidine groups is 1. The third-order valence-corrected chi connectivity index (χ3v) is 3.54. The summed E-state index contributed by atoms with van der Waals surface area (Å²) in [5, 5.41) is 3.69. The summed E-state index contributed by atoms with van der Waals surface area (Å²) in [6, 6.07) is 15.0. The molecule has 3 N–H and O–H groups in total. The van der Waals surface area contributed by atoms with Gasteiger partial charge in [0.05, 0.1) is 19.3 Å². The van der Waals surface area contributed by atoms with Gasteiger partial charge in [0.2, 0.25) is 0 Å². The van der Waals surface area contributed by atoms with Crippen LogP contribution in [-0.4, -0.2) is 26.7 Å². The second-order valence-corrected chi connectivity index (χ2v) is 5.27. The highest BCUT2D eigenvalue weighted by Gasteiger charge is 2.11. The van der Waals surface area contributed by atoms with Gasteiger partial charge in [0.15, 0.2) is 5.96 Å². The standard InChI is InChI=1S/C17H20ClN3O2.HI/c1-22-15-9-4-3-8-14(15)21-17(19)20-11-16(23-2)12-6-5-7-13(18)10-12;/h3-10,16H,11H2,1-2H3,(H3,19,20,21);1H. The number of ether oxygens (including phenoxy) is 2. The Morgan fingerprint density at radius 1 is 1.21 bits per heavy atom. The van der Waals surface area contributed by atoms with E-state index in [2.05, 4.69) is 10.3 Å². The molecule has 0 aromatic heterocycles. The lowest BCUT2D eigenvalue weighted by Gasteiger charge is -2.15. The Hall–Kier alpha value is -1.51. The second-order valence-electron chi connectivity index (χ2n) is 4.83. The van der Waals surface area contributed by atoms with E-state index in [1.807, 2.05) is 48.5 Å². The van der Waals surface area contributed by atoms with Crippen LogP contribution in [0.3, 0.4) is 0 Å². The van der Waals surface area contributed by atoms with Crippen molar-refractivity contribution in [3.63, 3.8) is 0 Å². The summed E-state index contributed by atoms with van der Waals surface area (Å²) in [6.07, 6.45) is -0.216. The van der Waals surface area contributed by atoms with Crippen molar-refractivity contribution in [2.24, 2.45) is 10.7 Å². The minimum atomic E-state index is -0.216. The van der Waals surface area contributed by atoms with Crippen molar-refractivity contribution < 1.29 is 9.47 Å². The third kappa shape index (κ3) is 5.85. The summed E-state index contributed by atoms with van der Waals surface area (Å²) in [7, 11) is 3.23. The van der Waals surface area contributed by atoms with Crippen LogP contribution in [0.5, 0.6) is 5.75 Å². The van der Waals surface area contributed by atoms with Gasteiger partial charge in [-0.1, -0.05) is 35.9 Å². The molecule has 0 aliphatic rings. The maximum absolute atomic E-state index is 6.01. The van der Waals surface area contributed by atoms with Gasteiger partial charge in [-0.15, -0.1) is 24.0 Å². The van der Waals surface area contributed by atoms with Gasteiger partial charge in [-0.3, -0.25) is 4.99 Å². The van der Waals surface area contributed by atoms with Gasteiger partial charge in [-0.05, 0) is 29.8 Å². The van der Waals surface area contributed by atoms with E-state index >= 15 is 0 Å². The molecular weight excluding hydrogens is 441 g/mol. The van der Waals surface area contributed by atoms with Gasteiger partial charge in [-0.2, -0.15) is 0 Å². The van der Waals surface area contributed by atoms with Crippen molar-refractivity contribution in [2.75, 3.05) is 26.1 Å². The molecule has 0 fully saturated rings. The average molecular weight is 462 g/mol. The number of benzene rings is 2. The number of aliphatic imine (C=N–C) groups is 1. The molecule has 0 radical (unpaired) electrons. The number of nitrogens with two attached hydrogens (primary N) is 1. The number of rotatable bonds is 6. The van der Waals surface area contributed by atoms with Gasteiger partial charge >= 0.3 is 0 Å². The van der Waals surface area contributed by atoms with Crippen molar-refractivity contribution in [1.29, 1.82) is 0 Å². The van der Waals surface area contributed by atoms with E-state index in [0.717, 1.165) is 11.3 Å². The lowest BCUT2D eigenvalue weighted by molar-refractivity contribution is 0.111. The lowest BCUT2D eigenvalue weighted by atomic mass is 10.1. The molecule has 0 bridgehead atoms. The Bertz CT molecular complexity index is 682. The number of anilines is 1. The number of nitrogens with one attached hydrogen (secondary N) is 1. The lowest BCUT2D eigenvalue weighted by Crippen LogP contribution is -2.24. The molecule has 1 unspecified atom stereocenters. The summed E-state index contributed by atoms with van der Waals surface area (Å²) in [6.45, 7) is 0.380. The molecule has 0 saturated heterocycles. The third-order valence-electron chi connectivity index (χ3n) is 3.30. The second kappa shape index (κ2) is 10.4. The minimum Gasteiger partial charge on any atom is -0.495 e. The molecule has 0 saturated carbocycles. The fourth-order valence-electron chi connectivity index (χ4n) is 2.13. The van der Waals surface area contributed by atoms with Crippen LogP contribution >= 0.6 is 35.6 Å². The number of hydrogen-bond donors (Lipinski definition) is 2. The molecule has 0 amide bonds. The summed E-state index contributed by atoms with van der Waals surface area (Å²) < 4.78 is 10.7. The maximum Gasteiger partial charge on any atom is 0.193 e. The zero-order valence-corrected chi connectivity index (χ0v) is 16.6. The summed E-state index contributed by atoms with van der Waals surface area (Å²) in [4.78, 5) is 4.33. The number of para-hydroxylation sites is 2. The van der Waals surface area contributed by atoms with Crippen molar-refractivity contribution in [3.05, 3.63) is 59.1 Å². The molecule has 24 heavy (non-hydrogen) atoms. The molecule has 2 aromatic carbocycles. The van der Waals surface area contributed by atoms with E-state index in [4.69, 9.17) is 26.8 Å². The predicted octanol–water partition coefficient (Wildman–Crippen LogP) is 4.08. The average Bonchev–Trinajstić information content (AvgIpc) is 2.56. The summed E-state index contributed by atoms with van der Waals surface area (Å²) in [5.41, 5.74) is 7.65. The molecule has 130 valence electrons. The predicted molar refractivity (Wildman–Crippen MR) is 110 cm³/mol. The van der Waals surface area contributed by atoms with Gasteiger partial charge < -0.3 is 20.5 Å². The zero-order valence-electron chi connectivity index (χ0n) is 13.5. The summed E-state index contributed by atoms with van der Waals surface area (Å²) >= 11 is 6.01. The molecule has 5 nitrogen and oxygen atoms in total. The number of hydrogen-bond acceptors (Lipinski definition) is 3. The van der Waals surface area contributed by atoms with Gasteiger partial charge in [-0.25, -0.2) is 0 Å². The first-order chi connectivity index (χ1) is 11.1. The van der Waals surface area contributed by atoms with Gasteiger partial charge in [0.25, 0.3) is 0 Å². The van der Waals surface area contributed by atoms with Crippen molar-refractivity contribution >= 4 is 47.2 Å². The zero-order chi connectivity index (χ0) is 16.7. The molecule has 2 aromatic rings. The van der Waals surface area contributed by atoms with Crippen LogP contribution in [0, 0.1) is 0 Å². The fourth-order valence-corrected chi connectivity index (χ4v) is 2.33. The minimum absolute atomic E-state index is 0. The number of nitrogens with zero attached hydrogens (tertiary/aromatic N) is 1. The van der Waals surface area contributed by atoms with Crippen LogP contribution in [0.2, 0.25) is 5.02 Å².